The molecule has 2 N–H and O–H groups in total. The molecule has 3 aromatic heterocycles. The van der Waals surface area contributed by atoms with Crippen molar-refractivity contribution in [3.63, 3.8) is 0 Å². The molecule has 1 aliphatic rings. The number of hydrogen-bond donors (Lipinski definition) is 2. The van der Waals surface area contributed by atoms with E-state index in [9.17, 15) is 4.39 Å². The van der Waals surface area contributed by atoms with Crippen LogP contribution in [0.5, 0.6) is 0 Å². The van der Waals surface area contributed by atoms with Gasteiger partial charge in [-0.15, -0.1) is 0 Å². The molecule has 1 aliphatic heterocycles. The van der Waals surface area contributed by atoms with E-state index in [1.54, 1.807) is 12.4 Å². The van der Waals surface area contributed by atoms with E-state index in [1.165, 1.54) is 25.1 Å². The Morgan fingerprint density at radius 2 is 2.00 bits per heavy atom. The van der Waals surface area contributed by atoms with Crippen molar-refractivity contribution in [3.8, 4) is 11.3 Å². The zero-order valence-electron chi connectivity index (χ0n) is 16.0. The van der Waals surface area contributed by atoms with Crippen molar-refractivity contribution in [1.82, 2.24) is 20.3 Å². The van der Waals surface area contributed by atoms with Gasteiger partial charge in [-0.3, -0.25) is 9.97 Å². The van der Waals surface area contributed by atoms with Crippen LogP contribution < -0.4 is 10.6 Å². The number of rotatable bonds is 6. The fraction of sp³-hybridized carbons (Fsp3) is 0.318. The van der Waals surface area contributed by atoms with Crippen LogP contribution in [0.3, 0.4) is 0 Å². The van der Waals surface area contributed by atoms with Crippen molar-refractivity contribution >= 4 is 17.4 Å². The first kappa shape index (κ1) is 19.7. The Morgan fingerprint density at radius 3 is 2.83 bits per heavy atom. The van der Waals surface area contributed by atoms with Gasteiger partial charge in [0.25, 0.3) is 0 Å². The van der Waals surface area contributed by atoms with Crippen LogP contribution in [0.4, 0.5) is 10.2 Å². The van der Waals surface area contributed by atoms with E-state index >= 15 is 0 Å². The van der Waals surface area contributed by atoms with Gasteiger partial charge in [0.1, 0.15) is 11.6 Å². The Kier molecular flexibility index (Phi) is 6.32. The lowest BCUT2D eigenvalue weighted by Gasteiger charge is -2.22. The number of nitrogens with zero attached hydrogens (tertiary/aromatic N) is 3. The third-order valence-corrected chi connectivity index (χ3v) is 5.43. The number of hydrogen-bond acceptors (Lipinski definition) is 5. The number of piperidine rings is 1. The minimum absolute atomic E-state index is 0.351. The monoisotopic (exact) mass is 411 g/mol. The first-order valence-corrected chi connectivity index (χ1v) is 10.2. The molecule has 4 rings (SSSR count). The minimum atomic E-state index is -0.351. The summed E-state index contributed by atoms with van der Waals surface area (Å²) in [7, 11) is 0. The van der Waals surface area contributed by atoms with Crippen molar-refractivity contribution in [1.29, 1.82) is 0 Å². The predicted octanol–water partition coefficient (Wildman–Crippen LogP) is 4.49. The zero-order chi connectivity index (χ0) is 20.1. The summed E-state index contributed by atoms with van der Waals surface area (Å²) in [5, 5.41) is 7.19. The van der Waals surface area contributed by atoms with E-state index in [2.05, 4.69) is 25.6 Å². The molecule has 0 spiro atoms. The molecule has 7 heteroatoms. The second-order valence-corrected chi connectivity index (χ2v) is 7.73. The van der Waals surface area contributed by atoms with E-state index in [0.717, 1.165) is 42.0 Å². The Balaban J connectivity index is 1.50. The average Bonchev–Trinajstić information content (AvgIpc) is 2.75. The second kappa shape index (κ2) is 9.29. The van der Waals surface area contributed by atoms with Crippen molar-refractivity contribution in [2.24, 2.45) is 5.92 Å². The first-order chi connectivity index (χ1) is 14.2. The van der Waals surface area contributed by atoms with Gasteiger partial charge < -0.3 is 10.6 Å². The number of pyridine rings is 3. The maximum atomic E-state index is 13.3. The molecule has 0 saturated carbocycles. The maximum Gasteiger partial charge on any atom is 0.141 e. The Labute approximate surface area is 174 Å². The van der Waals surface area contributed by atoms with Crippen LogP contribution in [0.2, 0.25) is 5.02 Å². The summed E-state index contributed by atoms with van der Waals surface area (Å²) in [6.07, 6.45) is 7.84. The molecule has 150 valence electrons. The lowest BCUT2D eigenvalue weighted by molar-refractivity contribution is 0.370. The van der Waals surface area contributed by atoms with Crippen LogP contribution in [0.25, 0.3) is 11.3 Å². The highest BCUT2D eigenvalue weighted by molar-refractivity contribution is 6.33. The van der Waals surface area contributed by atoms with Crippen LogP contribution in [0.15, 0.2) is 48.9 Å². The van der Waals surface area contributed by atoms with Crippen molar-refractivity contribution in [2.75, 3.05) is 18.4 Å². The normalized spacial score (nSPS) is 14.7. The molecule has 0 atom stereocenters. The molecule has 0 unspecified atom stereocenters. The first-order valence-electron chi connectivity index (χ1n) is 9.83. The molecular formula is C22H23ClFN5. The fourth-order valence-corrected chi connectivity index (χ4v) is 3.80. The van der Waals surface area contributed by atoms with Gasteiger partial charge in [0.05, 0.1) is 16.9 Å². The summed E-state index contributed by atoms with van der Waals surface area (Å²) in [5.41, 5.74) is 3.46. The van der Waals surface area contributed by atoms with Gasteiger partial charge in [-0.05, 0) is 68.1 Å². The highest BCUT2D eigenvalue weighted by Crippen LogP contribution is 2.29. The number of anilines is 1. The van der Waals surface area contributed by atoms with E-state index < -0.39 is 0 Å². The van der Waals surface area contributed by atoms with Crippen LogP contribution in [0.1, 0.15) is 24.1 Å². The van der Waals surface area contributed by atoms with Gasteiger partial charge in [-0.2, -0.15) is 0 Å². The summed E-state index contributed by atoms with van der Waals surface area (Å²) in [6.45, 7) is 2.58. The summed E-state index contributed by atoms with van der Waals surface area (Å²) in [6, 6.07) is 9.24. The number of halogens is 2. The third-order valence-electron chi connectivity index (χ3n) is 5.13. The maximum absolute atomic E-state index is 13.3. The van der Waals surface area contributed by atoms with E-state index in [1.807, 2.05) is 24.3 Å². The summed E-state index contributed by atoms with van der Waals surface area (Å²) < 4.78 is 13.3. The quantitative estimate of drug-likeness (QED) is 0.626. The number of nitrogens with one attached hydrogen (secondary N) is 2. The topological polar surface area (TPSA) is 62.7 Å². The molecule has 3 aromatic rings. The Bertz CT molecular complexity index is 975. The molecule has 5 nitrogen and oxygen atoms in total. The highest BCUT2D eigenvalue weighted by Gasteiger charge is 2.16. The molecule has 0 radical (unpaired) electrons. The number of aromatic nitrogens is 3. The zero-order valence-corrected chi connectivity index (χ0v) is 16.8. The molecule has 1 saturated heterocycles. The summed E-state index contributed by atoms with van der Waals surface area (Å²) in [4.78, 5) is 13.1. The molecule has 29 heavy (non-hydrogen) atoms. The Hall–Kier alpha value is -2.57. The lowest BCUT2D eigenvalue weighted by atomic mass is 9.92. The van der Waals surface area contributed by atoms with Gasteiger partial charge in [-0.1, -0.05) is 17.7 Å². The molecular weight excluding hydrogens is 389 g/mol. The third kappa shape index (κ3) is 5.28. The predicted molar refractivity (Wildman–Crippen MR) is 113 cm³/mol. The van der Waals surface area contributed by atoms with E-state index in [-0.39, 0.29) is 5.82 Å². The minimum Gasteiger partial charge on any atom is -0.366 e. The van der Waals surface area contributed by atoms with E-state index in [4.69, 9.17) is 11.6 Å². The van der Waals surface area contributed by atoms with E-state index in [0.29, 0.717) is 23.3 Å². The molecule has 4 heterocycles. The van der Waals surface area contributed by atoms with Crippen LogP contribution in [-0.4, -0.2) is 28.0 Å². The molecule has 0 bridgehead atoms. The van der Waals surface area contributed by atoms with Crippen molar-refractivity contribution in [2.45, 2.75) is 25.8 Å². The van der Waals surface area contributed by atoms with Gasteiger partial charge in [0.2, 0.25) is 0 Å². The molecule has 0 amide bonds. The standard InChI is InChI=1S/C22H23ClFN5/c23-20-14-27-18(9-15-4-6-25-7-5-15)10-19(20)21-2-1-3-22(29-21)28-12-16-8-17(24)13-26-11-16/h1-3,8,10-11,13-15,25H,4-7,9,12H2,(H,28,29). The lowest BCUT2D eigenvalue weighted by Crippen LogP contribution is -2.28. The highest BCUT2D eigenvalue weighted by atomic mass is 35.5. The van der Waals surface area contributed by atoms with Gasteiger partial charge in [0, 0.05) is 30.2 Å². The van der Waals surface area contributed by atoms with Gasteiger partial charge >= 0.3 is 0 Å². The van der Waals surface area contributed by atoms with Crippen LogP contribution in [-0.2, 0) is 13.0 Å². The molecule has 0 aliphatic carbocycles. The average molecular weight is 412 g/mol. The van der Waals surface area contributed by atoms with Crippen LogP contribution >= 0.6 is 11.6 Å². The smallest absolute Gasteiger partial charge is 0.141 e. The molecule has 0 aromatic carbocycles. The van der Waals surface area contributed by atoms with Gasteiger partial charge in [-0.25, -0.2) is 9.37 Å². The van der Waals surface area contributed by atoms with Crippen molar-refractivity contribution < 1.29 is 4.39 Å². The van der Waals surface area contributed by atoms with Gasteiger partial charge in [0.15, 0.2) is 0 Å². The van der Waals surface area contributed by atoms with Crippen molar-refractivity contribution in [3.05, 3.63) is 71.0 Å². The summed E-state index contributed by atoms with van der Waals surface area (Å²) >= 11 is 6.43. The largest absolute Gasteiger partial charge is 0.366 e. The SMILES string of the molecule is Fc1cncc(CNc2cccc(-c3cc(CC4CCNCC4)ncc3Cl)n2)c1. The molecule has 1 fully saturated rings. The summed E-state index contributed by atoms with van der Waals surface area (Å²) in [5.74, 6) is 0.994. The second-order valence-electron chi connectivity index (χ2n) is 7.33. The van der Waals surface area contributed by atoms with Crippen LogP contribution in [0, 0.1) is 11.7 Å². The fourth-order valence-electron chi connectivity index (χ4n) is 3.60. The Morgan fingerprint density at radius 1 is 1.14 bits per heavy atom.